The van der Waals surface area contributed by atoms with Crippen molar-refractivity contribution >= 4 is 21.8 Å². The number of hydrogen-bond acceptors (Lipinski definition) is 2. The van der Waals surface area contributed by atoms with Gasteiger partial charge in [0.05, 0.1) is 5.41 Å². The summed E-state index contributed by atoms with van der Waals surface area (Å²) < 4.78 is 1.08. The van der Waals surface area contributed by atoms with Gasteiger partial charge >= 0.3 is 0 Å². The summed E-state index contributed by atoms with van der Waals surface area (Å²) >= 11 is 3.50. The molecular formula is C19H25BrN2O. The monoisotopic (exact) mass is 376 g/mol. The van der Waals surface area contributed by atoms with Crippen molar-refractivity contribution in [2.45, 2.75) is 37.5 Å². The van der Waals surface area contributed by atoms with Crippen molar-refractivity contribution < 1.29 is 4.79 Å². The van der Waals surface area contributed by atoms with Crippen LogP contribution < -0.4 is 5.32 Å². The minimum Gasteiger partial charge on any atom is -0.342 e. The Morgan fingerprint density at radius 3 is 2.22 bits per heavy atom. The molecule has 1 N–H and O–H groups in total. The van der Waals surface area contributed by atoms with Gasteiger partial charge in [0, 0.05) is 17.6 Å². The molecule has 124 valence electrons. The summed E-state index contributed by atoms with van der Waals surface area (Å²) in [6, 6.07) is 8.41. The third-order valence-corrected chi connectivity index (χ3v) is 6.85. The summed E-state index contributed by atoms with van der Waals surface area (Å²) in [5, 5.41) is 3.51. The quantitative estimate of drug-likeness (QED) is 0.858. The van der Waals surface area contributed by atoms with Gasteiger partial charge in [0.2, 0.25) is 5.91 Å². The van der Waals surface area contributed by atoms with Crippen LogP contribution in [0.1, 0.15) is 37.7 Å². The van der Waals surface area contributed by atoms with E-state index >= 15 is 0 Å². The van der Waals surface area contributed by atoms with E-state index in [1.54, 1.807) is 0 Å². The normalized spacial score (nSPS) is 29.5. The fourth-order valence-corrected chi connectivity index (χ4v) is 4.91. The average Bonchev–Trinajstić information content (AvgIpc) is 2.86. The number of benzene rings is 1. The van der Waals surface area contributed by atoms with Crippen LogP contribution >= 0.6 is 15.9 Å². The third-order valence-electron chi connectivity index (χ3n) is 6.32. The van der Waals surface area contributed by atoms with Crippen molar-refractivity contribution in [1.29, 1.82) is 0 Å². The fraction of sp³-hybridized carbons (Fsp3) is 0.632. The number of likely N-dealkylation sites (tertiary alicyclic amines) is 1. The maximum atomic E-state index is 13.4. The van der Waals surface area contributed by atoms with Crippen LogP contribution in [0.25, 0.3) is 0 Å². The molecule has 2 atom stereocenters. The van der Waals surface area contributed by atoms with E-state index in [0.29, 0.717) is 5.91 Å². The van der Waals surface area contributed by atoms with E-state index in [-0.39, 0.29) is 5.41 Å². The lowest BCUT2D eigenvalue weighted by Crippen LogP contribution is -2.51. The number of nitrogens with zero attached hydrogens (tertiary/aromatic N) is 1. The standard InChI is InChI=1S/C19H25BrN2O/c20-17-4-2-16(3-5-17)19(8-1-9-19)18(23)22-10-6-14-12-21-13-15(14)7-11-22/h2-5,14-15,21H,1,6-13H2/t14-,15+. The molecule has 1 amide bonds. The molecular weight excluding hydrogens is 352 g/mol. The van der Waals surface area contributed by atoms with Gasteiger partial charge in [-0.3, -0.25) is 4.79 Å². The van der Waals surface area contributed by atoms with Crippen LogP contribution in [0.2, 0.25) is 0 Å². The Labute approximate surface area is 146 Å². The Morgan fingerprint density at radius 1 is 1.09 bits per heavy atom. The molecule has 3 nitrogen and oxygen atoms in total. The number of amides is 1. The molecule has 4 heteroatoms. The number of fused-ring (bicyclic) bond motifs is 1. The van der Waals surface area contributed by atoms with Crippen molar-refractivity contribution in [1.82, 2.24) is 10.2 Å². The summed E-state index contributed by atoms with van der Waals surface area (Å²) in [6.45, 7) is 4.18. The molecule has 3 fully saturated rings. The predicted octanol–water partition coefficient (Wildman–Crippen LogP) is 3.33. The number of hydrogen-bond donors (Lipinski definition) is 1. The van der Waals surface area contributed by atoms with Gasteiger partial charge in [-0.2, -0.15) is 0 Å². The van der Waals surface area contributed by atoms with Crippen molar-refractivity contribution in [3.63, 3.8) is 0 Å². The molecule has 0 aromatic heterocycles. The van der Waals surface area contributed by atoms with Crippen molar-refractivity contribution in [2.24, 2.45) is 11.8 Å². The molecule has 2 aliphatic heterocycles. The molecule has 3 aliphatic rings. The maximum Gasteiger partial charge on any atom is 0.233 e. The van der Waals surface area contributed by atoms with E-state index in [1.807, 2.05) is 0 Å². The van der Waals surface area contributed by atoms with Gasteiger partial charge in [-0.1, -0.05) is 34.5 Å². The van der Waals surface area contributed by atoms with Crippen LogP contribution in [0, 0.1) is 11.8 Å². The van der Waals surface area contributed by atoms with E-state index in [9.17, 15) is 4.79 Å². The SMILES string of the molecule is O=C(N1CC[C@@H]2CNC[C@@H]2CC1)C1(c2ccc(Br)cc2)CCC1. The smallest absolute Gasteiger partial charge is 0.233 e. The van der Waals surface area contributed by atoms with Gasteiger partial charge < -0.3 is 10.2 Å². The van der Waals surface area contributed by atoms with Crippen molar-refractivity contribution in [3.05, 3.63) is 34.3 Å². The van der Waals surface area contributed by atoms with Gasteiger partial charge in [0.25, 0.3) is 0 Å². The summed E-state index contributed by atoms with van der Waals surface area (Å²) in [5.74, 6) is 1.94. The minimum absolute atomic E-state index is 0.238. The Balaban J connectivity index is 1.53. The van der Waals surface area contributed by atoms with E-state index in [4.69, 9.17) is 0 Å². The first-order chi connectivity index (χ1) is 11.2. The molecule has 0 unspecified atom stereocenters. The Bertz CT molecular complexity index is 568. The first kappa shape index (κ1) is 15.6. The Kier molecular flexibility index (Phi) is 4.22. The molecule has 0 bridgehead atoms. The number of carbonyl (C=O) groups is 1. The van der Waals surface area contributed by atoms with Gasteiger partial charge in [-0.05, 0) is 68.3 Å². The lowest BCUT2D eigenvalue weighted by atomic mass is 9.63. The summed E-state index contributed by atoms with van der Waals surface area (Å²) in [5.41, 5.74) is 0.973. The van der Waals surface area contributed by atoms with Crippen LogP contribution in [0.15, 0.2) is 28.7 Å². The molecule has 2 heterocycles. The fourth-order valence-electron chi connectivity index (χ4n) is 4.65. The zero-order valence-electron chi connectivity index (χ0n) is 13.6. The number of nitrogens with one attached hydrogen (secondary N) is 1. The van der Waals surface area contributed by atoms with E-state index < -0.39 is 0 Å². The first-order valence-electron chi connectivity index (χ1n) is 8.95. The second-order valence-corrected chi connectivity index (χ2v) is 8.41. The highest BCUT2D eigenvalue weighted by molar-refractivity contribution is 9.10. The molecule has 1 saturated carbocycles. The molecule has 1 aromatic carbocycles. The van der Waals surface area contributed by atoms with Gasteiger partial charge in [0.1, 0.15) is 0 Å². The number of carbonyl (C=O) groups excluding carboxylic acids is 1. The highest BCUT2D eigenvalue weighted by Gasteiger charge is 2.48. The lowest BCUT2D eigenvalue weighted by molar-refractivity contribution is -0.141. The van der Waals surface area contributed by atoms with Crippen LogP contribution in [-0.4, -0.2) is 37.0 Å². The second-order valence-electron chi connectivity index (χ2n) is 7.49. The first-order valence-corrected chi connectivity index (χ1v) is 9.74. The Hall–Kier alpha value is -0.870. The molecule has 1 aliphatic carbocycles. The molecule has 0 radical (unpaired) electrons. The van der Waals surface area contributed by atoms with Crippen LogP contribution in [0.3, 0.4) is 0 Å². The lowest BCUT2D eigenvalue weighted by Gasteiger charge is -2.44. The van der Waals surface area contributed by atoms with Crippen LogP contribution in [0.5, 0.6) is 0 Å². The van der Waals surface area contributed by atoms with Gasteiger partial charge in [-0.25, -0.2) is 0 Å². The topological polar surface area (TPSA) is 32.3 Å². The van der Waals surface area contributed by atoms with Crippen LogP contribution in [0.4, 0.5) is 0 Å². The molecule has 4 rings (SSSR count). The minimum atomic E-state index is -0.238. The van der Waals surface area contributed by atoms with E-state index in [1.165, 1.54) is 24.8 Å². The highest BCUT2D eigenvalue weighted by atomic mass is 79.9. The molecule has 23 heavy (non-hydrogen) atoms. The summed E-state index contributed by atoms with van der Waals surface area (Å²) in [4.78, 5) is 15.5. The van der Waals surface area contributed by atoms with Gasteiger partial charge in [0.15, 0.2) is 0 Å². The van der Waals surface area contributed by atoms with E-state index in [0.717, 1.165) is 55.3 Å². The summed E-state index contributed by atoms with van der Waals surface area (Å²) in [6.07, 6.45) is 5.53. The molecule has 1 aromatic rings. The Morgan fingerprint density at radius 2 is 1.70 bits per heavy atom. The number of halogens is 1. The predicted molar refractivity (Wildman–Crippen MR) is 95.3 cm³/mol. The third kappa shape index (κ3) is 2.74. The molecule has 0 spiro atoms. The zero-order valence-corrected chi connectivity index (χ0v) is 15.1. The van der Waals surface area contributed by atoms with Crippen molar-refractivity contribution in [2.75, 3.05) is 26.2 Å². The second kappa shape index (κ2) is 6.21. The highest BCUT2D eigenvalue weighted by Crippen LogP contribution is 2.46. The maximum absolute atomic E-state index is 13.4. The summed E-state index contributed by atoms with van der Waals surface area (Å²) in [7, 11) is 0. The number of rotatable bonds is 2. The average molecular weight is 377 g/mol. The largest absolute Gasteiger partial charge is 0.342 e. The van der Waals surface area contributed by atoms with Crippen molar-refractivity contribution in [3.8, 4) is 0 Å². The van der Waals surface area contributed by atoms with Crippen LogP contribution in [-0.2, 0) is 10.2 Å². The van der Waals surface area contributed by atoms with Gasteiger partial charge in [-0.15, -0.1) is 0 Å². The van der Waals surface area contributed by atoms with E-state index in [2.05, 4.69) is 50.4 Å². The zero-order chi connectivity index (χ0) is 15.9. The molecule has 2 saturated heterocycles.